The fourth-order valence-corrected chi connectivity index (χ4v) is 1.88. The number of amides is 1. The van der Waals surface area contributed by atoms with Crippen molar-refractivity contribution in [1.82, 2.24) is 15.5 Å². The Hall–Kier alpha value is -1.40. The normalized spacial score (nSPS) is 14.8. The number of nitrogens with one attached hydrogen (secondary N) is 2. The van der Waals surface area contributed by atoms with E-state index in [-0.39, 0.29) is 12.5 Å². The largest absolute Gasteiger partial charge is 0.394 e. The number of aryl methyl sites for hydroxylation is 1. The van der Waals surface area contributed by atoms with Crippen LogP contribution in [0.3, 0.4) is 0 Å². The molecule has 18 heavy (non-hydrogen) atoms. The Morgan fingerprint density at radius 2 is 2.33 bits per heavy atom. The summed E-state index contributed by atoms with van der Waals surface area (Å²) in [6.45, 7) is 3.00. The van der Waals surface area contributed by atoms with Gasteiger partial charge in [0.2, 0.25) is 0 Å². The Balaban J connectivity index is 1.86. The van der Waals surface area contributed by atoms with Crippen molar-refractivity contribution in [1.29, 1.82) is 0 Å². The highest BCUT2D eigenvalue weighted by Gasteiger charge is 2.31. The van der Waals surface area contributed by atoms with E-state index in [9.17, 15) is 4.79 Å². The van der Waals surface area contributed by atoms with Gasteiger partial charge in [-0.05, 0) is 19.8 Å². The van der Waals surface area contributed by atoms with Gasteiger partial charge in [-0.1, -0.05) is 0 Å². The lowest BCUT2D eigenvalue weighted by molar-refractivity contribution is 0.0837. The number of aromatic nitrogens is 2. The van der Waals surface area contributed by atoms with Crippen LogP contribution in [0, 0.1) is 6.92 Å². The number of aliphatic hydroxyl groups excluding tert-OH is 1. The first-order valence-electron chi connectivity index (χ1n) is 6.25. The second-order valence-corrected chi connectivity index (χ2v) is 4.48. The minimum atomic E-state index is -0.101. The van der Waals surface area contributed by atoms with Crippen molar-refractivity contribution >= 4 is 5.91 Å². The summed E-state index contributed by atoms with van der Waals surface area (Å²) in [4.78, 5) is 12.0. The highest BCUT2D eigenvalue weighted by Crippen LogP contribution is 2.41. The molecule has 1 amide bonds. The third-order valence-corrected chi connectivity index (χ3v) is 2.93. The summed E-state index contributed by atoms with van der Waals surface area (Å²) in [5.41, 5.74) is 2.38. The molecule has 1 saturated carbocycles. The van der Waals surface area contributed by atoms with Gasteiger partial charge < -0.3 is 15.2 Å². The minimum absolute atomic E-state index is 0.000608. The molecule has 0 bridgehead atoms. The van der Waals surface area contributed by atoms with Crippen LogP contribution < -0.4 is 5.32 Å². The average Bonchev–Trinajstić information content (AvgIpc) is 3.12. The molecule has 0 aromatic carbocycles. The van der Waals surface area contributed by atoms with Crippen LogP contribution in [0.25, 0.3) is 0 Å². The summed E-state index contributed by atoms with van der Waals surface area (Å²) < 4.78 is 5.08. The molecular formula is C12H19N3O3. The fraction of sp³-hybridized carbons (Fsp3) is 0.667. The quantitative estimate of drug-likeness (QED) is 0.611. The molecule has 6 heteroatoms. The lowest BCUT2D eigenvalue weighted by Crippen LogP contribution is -2.28. The van der Waals surface area contributed by atoms with Gasteiger partial charge in [-0.25, -0.2) is 0 Å². The lowest BCUT2D eigenvalue weighted by atomic mass is 10.1. The summed E-state index contributed by atoms with van der Waals surface area (Å²) in [6, 6.07) is 0. The van der Waals surface area contributed by atoms with Crippen molar-refractivity contribution in [2.75, 3.05) is 26.4 Å². The number of carbonyl (C=O) groups is 1. The van der Waals surface area contributed by atoms with Crippen LogP contribution in [-0.2, 0) is 4.74 Å². The molecule has 1 fully saturated rings. The number of nitrogens with zero attached hydrogens (tertiary/aromatic N) is 1. The summed E-state index contributed by atoms with van der Waals surface area (Å²) in [5, 5.41) is 18.4. The highest BCUT2D eigenvalue weighted by atomic mass is 16.5. The van der Waals surface area contributed by atoms with Gasteiger partial charge in [0.15, 0.2) is 0 Å². The van der Waals surface area contributed by atoms with E-state index in [1.165, 1.54) is 0 Å². The van der Waals surface area contributed by atoms with Crippen LogP contribution in [-0.4, -0.2) is 47.6 Å². The van der Waals surface area contributed by atoms with Gasteiger partial charge in [0, 0.05) is 18.2 Å². The molecular weight excluding hydrogens is 234 g/mol. The van der Waals surface area contributed by atoms with Gasteiger partial charge in [0.05, 0.1) is 31.1 Å². The van der Waals surface area contributed by atoms with Crippen molar-refractivity contribution in [2.24, 2.45) is 0 Å². The Bertz CT molecular complexity index is 413. The molecule has 2 rings (SSSR count). The van der Waals surface area contributed by atoms with E-state index in [1.807, 2.05) is 6.92 Å². The molecule has 0 aliphatic heterocycles. The first-order valence-corrected chi connectivity index (χ1v) is 6.25. The zero-order valence-electron chi connectivity index (χ0n) is 10.5. The van der Waals surface area contributed by atoms with Crippen molar-refractivity contribution in [3.05, 3.63) is 17.0 Å². The zero-order chi connectivity index (χ0) is 13.0. The fourth-order valence-electron chi connectivity index (χ4n) is 1.88. The molecule has 1 heterocycles. The minimum Gasteiger partial charge on any atom is -0.394 e. The molecule has 1 aromatic heterocycles. The summed E-state index contributed by atoms with van der Waals surface area (Å²) in [5.74, 6) is 0.345. The van der Waals surface area contributed by atoms with Crippen LogP contribution in [0.4, 0.5) is 0 Å². The number of ether oxygens (including phenoxy) is 1. The van der Waals surface area contributed by atoms with E-state index < -0.39 is 0 Å². The number of aromatic amines is 1. The maximum Gasteiger partial charge on any atom is 0.255 e. The molecule has 0 saturated heterocycles. The number of hydrogen-bond donors (Lipinski definition) is 3. The van der Waals surface area contributed by atoms with Crippen LogP contribution in [0.5, 0.6) is 0 Å². The SMILES string of the molecule is Cc1[nH]nc(C2CC2)c1C(=O)NCCOCCO. The second kappa shape index (κ2) is 5.97. The molecule has 3 N–H and O–H groups in total. The molecule has 0 spiro atoms. The first kappa shape index (κ1) is 13.0. The Kier molecular flexibility index (Phi) is 4.33. The monoisotopic (exact) mass is 253 g/mol. The van der Waals surface area contributed by atoms with Gasteiger partial charge in [0.1, 0.15) is 0 Å². The molecule has 0 atom stereocenters. The van der Waals surface area contributed by atoms with Gasteiger partial charge in [0.25, 0.3) is 5.91 Å². The van der Waals surface area contributed by atoms with Crippen molar-refractivity contribution in [2.45, 2.75) is 25.7 Å². The number of carbonyl (C=O) groups excluding carboxylic acids is 1. The maximum absolute atomic E-state index is 12.0. The second-order valence-electron chi connectivity index (χ2n) is 4.48. The van der Waals surface area contributed by atoms with Gasteiger partial charge in [-0.3, -0.25) is 9.89 Å². The Labute approximate surface area is 106 Å². The molecule has 1 aliphatic carbocycles. The summed E-state index contributed by atoms with van der Waals surface area (Å²) >= 11 is 0. The standard InChI is InChI=1S/C12H19N3O3/c1-8-10(11(15-14-8)9-2-3-9)12(17)13-4-6-18-7-5-16/h9,16H,2-7H2,1H3,(H,13,17)(H,14,15). The summed E-state index contributed by atoms with van der Waals surface area (Å²) in [6.07, 6.45) is 2.23. The van der Waals surface area contributed by atoms with E-state index in [1.54, 1.807) is 0 Å². The predicted molar refractivity (Wildman–Crippen MR) is 65.5 cm³/mol. The zero-order valence-corrected chi connectivity index (χ0v) is 10.5. The molecule has 0 radical (unpaired) electrons. The van der Waals surface area contributed by atoms with Gasteiger partial charge >= 0.3 is 0 Å². The number of rotatable bonds is 7. The van der Waals surface area contributed by atoms with Crippen LogP contribution in [0.2, 0.25) is 0 Å². The number of H-pyrrole nitrogens is 1. The van der Waals surface area contributed by atoms with Gasteiger partial charge in [-0.15, -0.1) is 0 Å². The van der Waals surface area contributed by atoms with Crippen LogP contribution >= 0.6 is 0 Å². The average molecular weight is 253 g/mol. The smallest absolute Gasteiger partial charge is 0.255 e. The molecule has 6 nitrogen and oxygen atoms in total. The summed E-state index contributed by atoms with van der Waals surface area (Å²) in [7, 11) is 0. The van der Waals surface area contributed by atoms with E-state index in [4.69, 9.17) is 9.84 Å². The van der Waals surface area contributed by atoms with Crippen LogP contribution in [0.1, 0.15) is 40.5 Å². The third kappa shape index (κ3) is 3.08. The van der Waals surface area contributed by atoms with E-state index >= 15 is 0 Å². The number of hydrogen-bond acceptors (Lipinski definition) is 4. The van der Waals surface area contributed by atoms with Crippen molar-refractivity contribution in [3.63, 3.8) is 0 Å². The van der Waals surface area contributed by atoms with Crippen molar-refractivity contribution < 1.29 is 14.6 Å². The van der Waals surface area contributed by atoms with Crippen molar-refractivity contribution in [3.8, 4) is 0 Å². The third-order valence-electron chi connectivity index (χ3n) is 2.93. The molecule has 100 valence electrons. The first-order chi connectivity index (χ1) is 8.74. The topological polar surface area (TPSA) is 87.2 Å². The molecule has 1 aliphatic rings. The predicted octanol–water partition coefficient (Wildman–Crippen LogP) is 0.334. The maximum atomic E-state index is 12.0. The Morgan fingerprint density at radius 1 is 1.56 bits per heavy atom. The molecule has 1 aromatic rings. The Morgan fingerprint density at radius 3 is 3.00 bits per heavy atom. The lowest BCUT2D eigenvalue weighted by Gasteiger charge is -2.06. The van der Waals surface area contributed by atoms with E-state index in [2.05, 4.69) is 15.5 Å². The highest BCUT2D eigenvalue weighted by molar-refractivity contribution is 5.96. The molecule has 0 unspecified atom stereocenters. The van der Waals surface area contributed by atoms with Crippen LogP contribution in [0.15, 0.2) is 0 Å². The van der Waals surface area contributed by atoms with Gasteiger partial charge in [-0.2, -0.15) is 5.10 Å². The van der Waals surface area contributed by atoms with E-state index in [0.717, 1.165) is 24.2 Å². The van der Waals surface area contributed by atoms with E-state index in [0.29, 0.717) is 31.2 Å². The number of aliphatic hydroxyl groups is 1.